The molecule has 5 rings (SSSR count). The molecule has 3 heterocycles. The predicted molar refractivity (Wildman–Crippen MR) is 123 cm³/mol. The van der Waals surface area contributed by atoms with Crippen LogP contribution in [-0.2, 0) is 26.2 Å². The highest BCUT2D eigenvalue weighted by Gasteiger charge is 2.56. The van der Waals surface area contributed by atoms with Gasteiger partial charge < -0.3 is 14.4 Å². The van der Waals surface area contributed by atoms with E-state index in [0.29, 0.717) is 56.5 Å². The van der Waals surface area contributed by atoms with E-state index in [-0.39, 0.29) is 24.4 Å². The van der Waals surface area contributed by atoms with Crippen molar-refractivity contribution in [2.45, 2.75) is 31.4 Å². The number of carbonyl (C=O) groups is 1. The number of fused-ring (bicyclic) bond motifs is 2. The number of nitrogens with zero attached hydrogens (tertiary/aromatic N) is 4. The molecule has 1 amide bonds. The molecule has 2 fully saturated rings. The van der Waals surface area contributed by atoms with Crippen LogP contribution in [0.4, 0.5) is 30.2 Å². The summed E-state index contributed by atoms with van der Waals surface area (Å²) in [5.41, 5.74) is -0.118. The molecule has 2 atom stereocenters. The van der Waals surface area contributed by atoms with Gasteiger partial charge in [-0.15, -0.1) is 0 Å². The highest BCUT2D eigenvalue weighted by atomic mass is 19.4. The van der Waals surface area contributed by atoms with Gasteiger partial charge in [-0.3, -0.25) is 24.7 Å². The number of rotatable bonds is 4. The van der Waals surface area contributed by atoms with Gasteiger partial charge in [0.25, 0.3) is 17.4 Å². The third-order valence-electron chi connectivity index (χ3n) is 6.83. The first-order valence-electron chi connectivity index (χ1n) is 11.7. The molecule has 1 spiro atoms. The van der Waals surface area contributed by atoms with Crippen LogP contribution in [0.3, 0.4) is 0 Å². The zero-order chi connectivity index (χ0) is 25.7. The number of anilines is 2. The van der Waals surface area contributed by atoms with Crippen molar-refractivity contribution >= 4 is 23.0 Å². The van der Waals surface area contributed by atoms with Crippen LogP contribution >= 0.6 is 0 Å². The van der Waals surface area contributed by atoms with E-state index < -0.39 is 28.1 Å². The molecule has 3 aliphatic heterocycles. The minimum Gasteiger partial charge on any atom is -0.363 e. The molecule has 0 aliphatic carbocycles. The number of nitro benzene ring substituents is 1. The molecule has 0 radical (unpaired) electrons. The number of hydrogen-bond donors (Lipinski definition) is 0. The average Bonchev–Trinajstić information content (AvgIpc) is 3.06. The minimum absolute atomic E-state index is 0.140. The van der Waals surface area contributed by atoms with Gasteiger partial charge in [-0.2, -0.15) is 13.2 Å². The number of amides is 1. The maximum Gasteiger partial charge on any atom is 0.416 e. The normalized spacial score (nSPS) is 24.9. The summed E-state index contributed by atoms with van der Waals surface area (Å²) in [5, 5.41) is 11.5. The smallest absolute Gasteiger partial charge is 0.363 e. The molecular weight excluding hydrogens is 481 g/mol. The lowest BCUT2D eigenvalue weighted by molar-refractivity contribution is -0.384. The Bertz CT molecular complexity index is 1180. The molecule has 0 bridgehead atoms. The van der Waals surface area contributed by atoms with Crippen LogP contribution < -0.4 is 9.80 Å². The summed E-state index contributed by atoms with van der Waals surface area (Å²) < 4.78 is 51.1. The van der Waals surface area contributed by atoms with Crippen LogP contribution in [-0.4, -0.2) is 61.3 Å². The van der Waals surface area contributed by atoms with Crippen LogP contribution in [0.2, 0.25) is 0 Å². The summed E-state index contributed by atoms with van der Waals surface area (Å²) >= 11 is 0. The number of piperazine rings is 1. The van der Waals surface area contributed by atoms with Gasteiger partial charge in [0.2, 0.25) is 0 Å². The molecule has 9 nitrogen and oxygen atoms in total. The quantitative estimate of drug-likeness (QED) is 0.461. The first-order valence-corrected chi connectivity index (χ1v) is 11.7. The zero-order valence-corrected chi connectivity index (χ0v) is 19.5. The van der Waals surface area contributed by atoms with Gasteiger partial charge in [-0.05, 0) is 31.5 Å². The Hall–Kier alpha value is -3.22. The molecule has 2 aromatic rings. The SMILES string of the molecule is CC1CCOC2(O1)C(=O)N(CN1CCN(c3ccc(C(F)(F)F)cc3[N+](=O)[O-])CC1)c1ccccc12. The number of nitro groups is 1. The van der Waals surface area contributed by atoms with Crippen LogP contribution in [0.25, 0.3) is 0 Å². The maximum absolute atomic E-state index is 13.5. The van der Waals surface area contributed by atoms with E-state index >= 15 is 0 Å². The molecule has 2 saturated heterocycles. The van der Waals surface area contributed by atoms with Gasteiger partial charge in [0, 0.05) is 37.8 Å². The molecule has 36 heavy (non-hydrogen) atoms. The predicted octanol–water partition coefficient (Wildman–Crippen LogP) is 3.72. The Morgan fingerprint density at radius 2 is 1.83 bits per heavy atom. The van der Waals surface area contributed by atoms with E-state index in [2.05, 4.69) is 0 Å². The van der Waals surface area contributed by atoms with E-state index in [1.807, 2.05) is 36.1 Å². The van der Waals surface area contributed by atoms with Crippen molar-refractivity contribution < 1.29 is 32.4 Å². The average molecular weight is 506 g/mol. The fraction of sp³-hybridized carbons (Fsp3) is 0.458. The first kappa shape index (κ1) is 24.5. The Balaban J connectivity index is 1.31. The molecule has 12 heteroatoms. The summed E-state index contributed by atoms with van der Waals surface area (Å²) in [6.45, 7) is 4.18. The van der Waals surface area contributed by atoms with Crippen LogP contribution in [0, 0.1) is 10.1 Å². The third kappa shape index (κ3) is 4.18. The van der Waals surface area contributed by atoms with Crippen molar-refractivity contribution in [3.05, 3.63) is 63.7 Å². The Labute approximate surface area is 205 Å². The zero-order valence-electron chi connectivity index (χ0n) is 19.5. The summed E-state index contributed by atoms with van der Waals surface area (Å²) in [5.74, 6) is -1.76. The minimum atomic E-state index is -4.67. The van der Waals surface area contributed by atoms with E-state index in [4.69, 9.17) is 9.47 Å². The molecular formula is C24H25F3N4O5. The van der Waals surface area contributed by atoms with Gasteiger partial charge in [0.15, 0.2) is 0 Å². The van der Waals surface area contributed by atoms with Gasteiger partial charge in [-0.25, -0.2) is 0 Å². The molecule has 192 valence electrons. The van der Waals surface area contributed by atoms with Gasteiger partial charge >= 0.3 is 6.18 Å². The lowest BCUT2D eigenvalue weighted by Gasteiger charge is -2.39. The van der Waals surface area contributed by atoms with E-state index in [1.54, 1.807) is 9.80 Å². The Kier molecular flexibility index (Phi) is 6.13. The molecule has 2 aromatic carbocycles. The summed E-state index contributed by atoms with van der Waals surface area (Å²) in [6.07, 6.45) is -4.12. The topological polar surface area (TPSA) is 88.4 Å². The number of para-hydroxylation sites is 1. The fourth-order valence-electron chi connectivity index (χ4n) is 4.97. The van der Waals surface area contributed by atoms with Crippen molar-refractivity contribution in [3.8, 4) is 0 Å². The number of hydrogen-bond acceptors (Lipinski definition) is 7. The summed E-state index contributed by atoms with van der Waals surface area (Å²) in [7, 11) is 0. The van der Waals surface area contributed by atoms with Crippen molar-refractivity contribution in [2.75, 3.05) is 49.3 Å². The monoisotopic (exact) mass is 506 g/mol. The number of carbonyl (C=O) groups excluding carboxylic acids is 1. The fourth-order valence-corrected chi connectivity index (χ4v) is 4.97. The second-order valence-corrected chi connectivity index (χ2v) is 9.14. The van der Waals surface area contributed by atoms with Gasteiger partial charge in [0.1, 0.15) is 5.69 Å². The van der Waals surface area contributed by atoms with E-state index in [1.165, 1.54) is 0 Å². The van der Waals surface area contributed by atoms with Gasteiger partial charge in [-0.1, -0.05) is 18.2 Å². The molecule has 0 N–H and O–H groups in total. The van der Waals surface area contributed by atoms with E-state index in [9.17, 15) is 28.1 Å². The van der Waals surface area contributed by atoms with Crippen LogP contribution in [0.5, 0.6) is 0 Å². The van der Waals surface area contributed by atoms with Gasteiger partial charge in [0.05, 0.1) is 35.6 Å². The lowest BCUT2D eigenvalue weighted by atomic mass is 10.1. The van der Waals surface area contributed by atoms with Crippen molar-refractivity contribution in [1.29, 1.82) is 0 Å². The molecule has 2 unspecified atom stereocenters. The molecule has 0 aromatic heterocycles. The van der Waals surface area contributed by atoms with Crippen molar-refractivity contribution in [3.63, 3.8) is 0 Å². The standard InChI is InChI=1S/C24H25F3N4O5/c1-16-8-13-35-23(36-16)18-4-2-3-5-19(18)30(22(23)32)15-28-9-11-29(12-10-28)20-7-6-17(24(25,26)27)14-21(20)31(33)34/h2-7,14,16H,8-13,15H2,1H3. The largest absolute Gasteiger partial charge is 0.416 e. The highest BCUT2D eigenvalue weighted by molar-refractivity contribution is 6.06. The third-order valence-corrected chi connectivity index (χ3v) is 6.83. The Morgan fingerprint density at radius 3 is 2.50 bits per heavy atom. The number of ether oxygens (including phenoxy) is 2. The summed E-state index contributed by atoms with van der Waals surface area (Å²) in [4.78, 5) is 29.6. The van der Waals surface area contributed by atoms with E-state index in [0.717, 1.165) is 12.1 Å². The van der Waals surface area contributed by atoms with Crippen LogP contribution in [0.15, 0.2) is 42.5 Å². The highest BCUT2D eigenvalue weighted by Crippen LogP contribution is 2.46. The molecule has 0 saturated carbocycles. The summed E-state index contributed by atoms with van der Waals surface area (Å²) in [6, 6.07) is 9.93. The first-order chi connectivity index (χ1) is 17.1. The number of halogens is 3. The maximum atomic E-state index is 13.5. The van der Waals surface area contributed by atoms with Crippen molar-refractivity contribution in [1.82, 2.24) is 4.90 Å². The van der Waals surface area contributed by atoms with Crippen LogP contribution in [0.1, 0.15) is 24.5 Å². The number of alkyl halides is 3. The Morgan fingerprint density at radius 1 is 1.11 bits per heavy atom. The second-order valence-electron chi connectivity index (χ2n) is 9.14. The lowest BCUT2D eigenvalue weighted by Crippen LogP contribution is -2.54. The number of benzene rings is 2. The molecule has 3 aliphatic rings. The second kappa shape index (κ2) is 9.02. The van der Waals surface area contributed by atoms with Crippen molar-refractivity contribution in [2.24, 2.45) is 0 Å².